The van der Waals surface area contributed by atoms with Crippen LogP contribution in [0.4, 0.5) is 0 Å². The molecule has 0 N–H and O–H groups in total. The molecule has 106 valence electrons. The van der Waals surface area contributed by atoms with E-state index >= 15 is 0 Å². The fraction of sp³-hybridized carbons (Fsp3) is 0.462. The van der Waals surface area contributed by atoms with Gasteiger partial charge in [0, 0.05) is 25.9 Å². The van der Waals surface area contributed by atoms with Gasteiger partial charge in [0.15, 0.2) is 5.69 Å². The summed E-state index contributed by atoms with van der Waals surface area (Å²) in [5, 5.41) is 8.02. The standard InChI is InChI=1S/C13H16N4O2S/c1-16-9-10(14-15-16)13(18)17-5-4-12(20-8-6-17)11-3-2-7-19-11/h2-3,7,9,12H,4-6,8H2,1H3/t12-/m1/s1. The Morgan fingerprint density at radius 1 is 1.50 bits per heavy atom. The van der Waals surface area contributed by atoms with Crippen LogP contribution in [-0.4, -0.2) is 44.6 Å². The van der Waals surface area contributed by atoms with Gasteiger partial charge in [-0.3, -0.25) is 9.48 Å². The fourth-order valence-electron chi connectivity index (χ4n) is 2.28. The highest BCUT2D eigenvalue weighted by atomic mass is 32.2. The monoisotopic (exact) mass is 292 g/mol. The number of thioether (sulfide) groups is 1. The van der Waals surface area contributed by atoms with E-state index in [2.05, 4.69) is 10.3 Å². The molecule has 1 atom stereocenters. The molecule has 0 aliphatic carbocycles. The minimum absolute atomic E-state index is 0.0428. The number of hydrogen-bond donors (Lipinski definition) is 0. The van der Waals surface area contributed by atoms with E-state index in [4.69, 9.17) is 4.42 Å². The molecule has 1 saturated heterocycles. The van der Waals surface area contributed by atoms with Crippen LogP contribution in [0, 0.1) is 0 Å². The maximum absolute atomic E-state index is 12.3. The predicted molar refractivity (Wildman–Crippen MR) is 75.4 cm³/mol. The number of carbonyl (C=O) groups excluding carboxylic acids is 1. The van der Waals surface area contributed by atoms with E-state index < -0.39 is 0 Å². The zero-order valence-electron chi connectivity index (χ0n) is 11.2. The highest BCUT2D eigenvalue weighted by molar-refractivity contribution is 7.99. The van der Waals surface area contributed by atoms with Crippen molar-refractivity contribution >= 4 is 17.7 Å². The van der Waals surface area contributed by atoms with Gasteiger partial charge >= 0.3 is 0 Å². The summed E-state index contributed by atoms with van der Waals surface area (Å²) in [7, 11) is 1.76. The topological polar surface area (TPSA) is 64.2 Å². The van der Waals surface area contributed by atoms with Crippen LogP contribution in [-0.2, 0) is 7.05 Å². The normalized spacial score (nSPS) is 19.9. The molecule has 0 radical (unpaired) electrons. The van der Waals surface area contributed by atoms with Crippen molar-refractivity contribution in [3.8, 4) is 0 Å². The zero-order chi connectivity index (χ0) is 13.9. The van der Waals surface area contributed by atoms with Gasteiger partial charge in [-0.1, -0.05) is 5.21 Å². The summed E-state index contributed by atoms with van der Waals surface area (Å²) in [5.41, 5.74) is 0.411. The van der Waals surface area contributed by atoms with E-state index in [0.29, 0.717) is 17.5 Å². The van der Waals surface area contributed by atoms with Crippen molar-refractivity contribution in [3.63, 3.8) is 0 Å². The first-order valence-electron chi connectivity index (χ1n) is 6.54. The van der Waals surface area contributed by atoms with Crippen LogP contribution in [0.3, 0.4) is 0 Å². The Balaban J connectivity index is 1.66. The second-order valence-corrected chi connectivity index (χ2v) is 6.04. The van der Waals surface area contributed by atoms with Crippen LogP contribution in [0.25, 0.3) is 0 Å². The van der Waals surface area contributed by atoms with Gasteiger partial charge in [-0.15, -0.1) is 16.9 Å². The first-order valence-corrected chi connectivity index (χ1v) is 7.59. The van der Waals surface area contributed by atoms with Gasteiger partial charge in [-0.05, 0) is 18.6 Å². The van der Waals surface area contributed by atoms with Crippen molar-refractivity contribution < 1.29 is 9.21 Å². The van der Waals surface area contributed by atoms with Gasteiger partial charge in [0.05, 0.1) is 17.7 Å². The maximum Gasteiger partial charge on any atom is 0.276 e. The number of hydrogen-bond acceptors (Lipinski definition) is 5. The van der Waals surface area contributed by atoms with Crippen molar-refractivity contribution in [2.24, 2.45) is 7.05 Å². The second-order valence-electron chi connectivity index (χ2n) is 4.73. The van der Waals surface area contributed by atoms with E-state index in [9.17, 15) is 4.79 Å². The number of nitrogens with zero attached hydrogens (tertiary/aromatic N) is 4. The molecule has 7 heteroatoms. The molecule has 20 heavy (non-hydrogen) atoms. The van der Waals surface area contributed by atoms with Crippen LogP contribution in [0.2, 0.25) is 0 Å². The third kappa shape index (κ3) is 2.72. The van der Waals surface area contributed by atoms with Gasteiger partial charge in [0.1, 0.15) is 5.76 Å². The summed E-state index contributed by atoms with van der Waals surface area (Å²) in [6.07, 6.45) is 4.25. The first-order chi connectivity index (χ1) is 9.74. The van der Waals surface area contributed by atoms with E-state index in [1.165, 1.54) is 0 Å². The minimum Gasteiger partial charge on any atom is -0.468 e. The lowest BCUT2D eigenvalue weighted by Crippen LogP contribution is -2.33. The largest absolute Gasteiger partial charge is 0.468 e. The van der Waals surface area contributed by atoms with Crippen LogP contribution >= 0.6 is 11.8 Å². The van der Waals surface area contributed by atoms with E-state index in [1.54, 1.807) is 24.2 Å². The Bertz CT molecular complexity index is 581. The molecular weight excluding hydrogens is 276 g/mol. The van der Waals surface area contributed by atoms with Crippen LogP contribution in [0.15, 0.2) is 29.0 Å². The number of carbonyl (C=O) groups is 1. The third-order valence-electron chi connectivity index (χ3n) is 3.31. The summed E-state index contributed by atoms with van der Waals surface area (Å²) in [4.78, 5) is 14.2. The smallest absolute Gasteiger partial charge is 0.276 e. The Hall–Kier alpha value is -1.76. The first kappa shape index (κ1) is 13.2. The van der Waals surface area contributed by atoms with Crippen molar-refractivity contribution in [1.82, 2.24) is 19.9 Å². The van der Waals surface area contributed by atoms with Crippen molar-refractivity contribution in [2.45, 2.75) is 11.7 Å². The maximum atomic E-state index is 12.3. The molecule has 0 saturated carbocycles. The number of amides is 1. The van der Waals surface area contributed by atoms with E-state index in [-0.39, 0.29) is 5.91 Å². The molecule has 3 rings (SSSR count). The van der Waals surface area contributed by atoms with Gasteiger partial charge in [0.2, 0.25) is 0 Å². The Kier molecular flexibility index (Phi) is 3.77. The molecule has 1 aliphatic heterocycles. The molecule has 1 fully saturated rings. The lowest BCUT2D eigenvalue weighted by atomic mass is 10.2. The third-order valence-corrected chi connectivity index (χ3v) is 4.60. The van der Waals surface area contributed by atoms with Crippen LogP contribution in [0.1, 0.15) is 27.9 Å². The summed E-state index contributed by atoms with van der Waals surface area (Å²) in [5.74, 6) is 1.85. The number of rotatable bonds is 2. The van der Waals surface area contributed by atoms with E-state index in [0.717, 1.165) is 24.5 Å². The van der Waals surface area contributed by atoms with Crippen LogP contribution < -0.4 is 0 Å². The molecule has 0 bridgehead atoms. The van der Waals surface area contributed by atoms with Gasteiger partial charge < -0.3 is 9.32 Å². The van der Waals surface area contributed by atoms with Crippen LogP contribution in [0.5, 0.6) is 0 Å². The molecule has 2 aromatic rings. The highest BCUT2D eigenvalue weighted by Crippen LogP contribution is 2.34. The lowest BCUT2D eigenvalue weighted by molar-refractivity contribution is 0.0760. The molecule has 2 aromatic heterocycles. The molecule has 0 spiro atoms. The quantitative estimate of drug-likeness (QED) is 0.843. The highest BCUT2D eigenvalue weighted by Gasteiger charge is 2.25. The Morgan fingerprint density at radius 2 is 2.40 bits per heavy atom. The number of aryl methyl sites for hydroxylation is 1. The molecule has 1 aliphatic rings. The molecule has 0 aromatic carbocycles. The summed E-state index contributed by atoms with van der Waals surface area (Å²) >= 11 is 1.83. The minimum atomic E-state index is -0.0428. The number of furan rings is 1. The van der Waals surface area contributed by atoms with Gasteiger partial charge in [-0.25, -0.2) is 0 Å². The molecular formula is C13H16N4O2S. The summed E-state index contributed by atoms with van der Waals surface area (Å²) < 4.78 is 7.01. The van der Waals surface area contributed by atoms with Crippen molar-refractivity contribution in [3.05, 3.63) is 36.0 Å². The SMILES string of the molecule is Cn1cc(C(=O)N2CCS[C@@H](c3ccco3)CC2)nn1. The average Bonchev–Trinajstić information content (AvgIpc) is 3.05. The zero-order valence-corrected chi connectivity index (χ0v) is 12.0. The summed E-state index contributed by atoms with van der Waals surface area (Å²) in [6.45, 7) is 1.45. The molecule has 3 heterocycles. The van der Waals surface area contributed by atoms with E-state index in [1.807, 2.05) is 28.8 Å². The predicted octanol–water partition coefficient (Wildman–Crippen LogP) is 1.73. The Morgan fingerprint density at radius 3 is 3.10 bits per heavy atom. The average molecular weight is 292 g/mol. The summed E-state index contributed by atoms with van der Waals surface area (Å²) in [6, 6.07) is 3.90. The fourth-order valence-corrected chi connectivity index (χ4v) is 3.46. The van der Waals surface area contributed by atoms with Crippen molar-refractivity contribution in [1.29, 1.82) is 0 Å². The van der Waals surface area contributed by atoms with Gasteiger partial charge in [-0.2, -0.15) is 0 Å². The lowest BCUT2D eigenvalue weighted by Gasteiger charge is -2.18. The second kappa shape index (κ2) is 5.70. The van der Waals surface area contributed by atoms with Crippen molar-refractivity contribution in [2.75, 3.05) is 18.8 Å². The molecule has 6 nitrogen and oxygen atoms in total. The molecule has 1 amide bonds. The molecule has 0 unspecified atom stereocenters. The number of aromatic nitrogens is 3. The van der Waals surface area contributed by atoms with Gasteiger partial charge in [0.25, 0.3) is 5.91 Å². The Labute approximate surface area is 121 Å².